The molecular formula is C15H17BrN2OS. The Bertz CT molecular complexity index is 667. The number of hydrogen-bond donors (Lipinski definition) is 1. The molecule has 2 N–H and O–H groups in total. The zero-order chi connectivity index (χ0) is 14.3. The van der Waals surface area contributed by atoms with Crippen molar-refractivity contribution in [1.82, 2.24) is 4.90 Å². The summed E-state index contributed by atoms with van der Waals surface area (Å²) in [6.07, 6.45) is 2.25. The molecular weight excluding hydrogens is 336 g/mol. The van der Waals surface area contributed by atoms with Gasteiger partial charge >= 0.3 is 0 Å². The number of hydrogen-bond acceptors (Lipinski definition) is 3. The van der Waals surface area contributed by atoms with Crippen molar-refractivity contribution in [3.8, 4) is 0 Å². The maximum atomic E-state index is 12.6. The minimum absolute atomic E-state index is 0.0933. The van der Waals surface area contributed by atoms with E-state index in [1.54, 1.807) is 0 Å². The van der Waals surface area contributed by atoms with Crippen molar-refractivity contribution in [2.45, 2.75) is 19.8 Å². The molecule has 106 valence electrons. The summed E-state index contributed by atoms with van der Waals surface area (Å²) in [6.45, 7) is 3.91. The number of nitrogens with zero attached hydrogens (tertiary/aromatic N) is 1. The van der Waals surface area contributed by atoms with Crippen LogP contribution in [0.3, 0.4) is 0 Å². The molecule has 1 amide bonds. The molecule has 0 saturated carbocycles. The summed E-state index contributed by atoms with van der Waals surface area (Å²) in [7, 11) is 0. The van der Waals surface area contributed by atoms with Gasteiger partial charge in [0, 0.05) is 27.6 Å². The average Bonchev–Trinajstić information content (AvgIpc) is 3.03. The van der Waals surface area contributed by atoms with Crippen LogP contribution in [0.15, 0.2) is 22.7 Å². The Balaban J connectivity index is 1.94. The lowest BCUT2D eigenvalue weighted by atomic mass is 10.1. The summed E-state index contributed by atoms with van der Waals surface area (Å²) in [6, 6.07) is 5.95. The Morgan fingerprint density at radius 2 is 2.35 bits per heavy atom. The van der Waals surface area contributed by atoms with E-state index >= 15 is 0 Å². The smallest absolute Gasteiger partial charge is 0.266 e. The first kappa shape index (κ1) is 13.9. The Morgan fingerprint density at radius 1 is 1.55 bits per heavy atom. The molecule has 1 unspecified atom stereocenters. The van der Waals surface area contributed by atoms with Gasteiger partial charge in [0.25, 0.3) is 5.91 Å². The van der Waals surface area contributed by atoms with Gasteiger partial charge in [0.15, 0.2) is 0 Å². The average molecular weight is 353 g/mol. The number of halogens is 1. The summed E-state index contributed by atoms with van der Waals surface area (Å²) in [5, 5.41) is 0.979. The van der Waals surface area contributed by atoms with Crippen LogP contribution in [0.25, 0.3) is 10.1 Å². The van der Waals surface area contributed by atoms with Crippen LogP contribution in [0.1, 0.15) is 29.4 Å². The van der Waals surface area contributed by atoms with E-state index < -0.39 is 0 Å². The molecule has 0 aliphatic carbocycles. The number of likely N-dealkylation sites (tertiary alicyclic amines) is 1. The quantitative estimate of drug-likeness (QED) is 0.883. The van der Waals surface area contributed by atoms with E-state index in [0.29, 0.717) is 16.5 Å². The number of carbonyl (C=O) groups excluding carboxylic acids is 1. The van der Waals surface area contributed by atoms with E-state index in [4.69, 9.17) is 5.73 Å². The number of thiophene rings is 1. The summed E-state index contributed by atoms with van der Waals surface area (Å²) >= 11 is 4.95. The summed E-state index contributed by atoms with van der Waals surface area (Å²) < 4.78 is 2.07. The number of carbonyl (C=O) groups is 1. The molecule has 1 aliphatic rings. The molecule has 3 nitrogen and oxygen atoms in total. The van der Waals surface area contributed by atoms with Gasteiger partial charge in [0.1, 0.15) is 4.88 Å². The van der Waals surface area contributed by atoms with Crippen molar-refractivity contribution in [3.63, 3.8) is 0 Å². The van der Waals surface area contributed by atoms with Gasteiger partial charge in [0.05, 0.1) is 5.69 Å². The van der Waals surface area contributed by atoms with Crippen LogP contribution in [-0.4, -0.2) is 23.9 Å². The van der Waals surface area contributed by atoms with Gasteiger partial charge in [-0.1, -0.05) is 35.3 Å². The summed E-state index contributed by atoms with van der Waals surface area (Å²) in [5.41, 5.74) is 6.80. The molecule has 1 aliphatic heterocycles. The number of anilines is 1. The number of benzene rings is 1. The van der Waals surface area contributed by atoms with E-state index in [9.17, 15) is 4.79 Å². The second-order valence-electron chi connectivity index (χ2n) is 5.30. The van der Waals surface area contributed by atoms with Gasteiger partial charge in [-0.15, -0.1) is 11.3 Å². The van der Waals surface area contributed by atoms with Gasteiger partial charge in [-0.25, -0.2) is 0 Å². The Labute approximate surface area is 130 Å². The highest BCUT2D eigenvalue weighted by Gasteiger charge is 2.28. The van der Waals surface area contributed by atoms with E-state index in [1.807, 2.05) is 23.1 Å². The molecule has 3 rings (SSSR count). The monoisotopic (exact) mass is 352 g/mol. The van der Waals surface area contributed by atoms with Gasteiger partial charge in [-0.3, -0.25) is 4.79 Å². The molecule has 0 radical (unpaired) electrons. The lowest BCUT2D eigenvalue weighted by Gasteiger charge is -2.15. The molecule has 1 saturated heterocycles. The third-order valence-corrected chi connectivity index (χ3v) is 5.68. The highest BCUT2D eigenvalue weighted by atomic mass is 79.9. The van der Waals surface area contributed by atoms with E-state index in [0.717, 1.165) is 40.5 Å². The SMILES string of the molecule is CCC1CCN(C(=O)c2sc3cc(Br)ccc3c2N)C1. The second kappa shape index (κ2) is 5.37. The van der Waals surface area contributed by atoms with Gasteiger partial charge in [-0.05, 0) is 24.5 Å². The minimum Gasteiger partial charge on any atom is -0.397 e. The standard InChI is InChI=1S/C15H17BrN2OS/c1-2-9-5-6-18(8-9)15(19)14-13(17)11-4-3-10(16)7-12(11)20-14/h3-4,7,9H,2,5-6,8,17H2,1H3. The largest absolute Gasteiger partial charge is 0.397 e. The Hall–Kier alpha value is -1.07. The molecule has 1 fully saturated rings. The highest BCUT2D eigenvalue weighted by Crippen LogP contribution is 2.36. The fourth-order valence-electron chi connectivity index (χ4n) is 2.74. The Morgan fingerprint density at radius 3 is 3.05 bits per heavy atom. The zero-order valence-corrected chi connectivity index (χ0v) is 13.8. The van der Waals surface area contributed by atoms with Crippen molar-refractivity contribution in [3.05, 3.63) is 27.5 Å². The van der Waals surface area contributed by atoms with Crippen molar-refractivity contribution < 1.29 is 4.79 Å². The Kier molecular flexibility index (Phi) is 3.73. The number of fused-ring (bicyclic) bond motifs is 1. The van der Waals surface area contributed by atoms with Crippen LogP contribution in [0, 0.1) is 5.92 Å². The van der Waals surface area contributed by atoms with Crippen LogP contribution in [-0.2, 0) is 0 Å². The third-order valence-electron chi connectivity index (χ3n) is 4.04. The highest BCUT2D eigenvalue weighted by molar-refractivity contribution is 9.10. The molecule has 5 heteroatoms. The predicted molar refractivity (Wildman–Crippen MR) is 88.2 cm³/mol. The maximum absolute atomic E-state index is 12.6. The lowest BCUT2D eigenvalue weighted by Crippen LogP contribution is -2.28. The van der Waals surface area contributed by atoms with Crippen LogP contribution in [0.4, 0.5) is 5.69 Å². The molecule has 2 heterocycles. The number of rotatable bonds is 2. The van der Waals surface area contributed by atoms with Crippen LogP contribution in [0.2, 0.25) is 0 Å². The van der Waals surface area contributed by atoms with Gasteiger partial charge in [0.2, 0.25) is 0 Å². The molecule has 20 heavy (non-hydrogen) atoms. The molecule has 2 aromatic rings. The molecule has 1 aromatic heterocycles. The number of nitrogens with two attached hydrogens (primary N) is 1. The maximum Gasteiger partial charge on any atom is 0.266 e. The zero-order valence-electron chi connectivity index (χ0n) is 11.4. The van der Waals surface area contributed by atoms with Crippen molar-refractivity contribution >= 4 is 48.9 Å². The lowest BCUT2D eigenvalue weighted by molar-refractivity contribution is 0.0792. The van der Waals surface area contributed by atoms with Crippen LogP contribution < -0.4 is 5.73 Å². The second-order valence-corrected chi connectivity index (χ2v) is 7.27. The minimum atomic E-state index is 0.0933. The number of nitrogen functional groups attached to an aromatic ring is 1. The first-order chi connectivity index (χ1) is 9.60. The van der Waals surface area contributed by atoms with Gasteiger partial charge in [-0.2, -0.15) is 0 Å². The fraction of sp³-hybridized carbons (Fsp3) is 0.400. The van der Waals surface area contributed by atoms with Crippen molar-refractivity contribution in [2.75, 3.05) is 18.8 Å². The molecule has 1 aromatic carbocycles. The summed E-state index contributed by atoms with van der Waals surface area (Å²) in [5.74, 6) is 0.736. The summed E-state index contributed by atoms with van der Waals surface area (Å²) in [4.78, 5) is 15.3. The van der Waals surface area contributed by atoms with Crippen LogP contribution in [0.5, 0.6) is 0 Å². The predicted octanol–water partition coefficient (Wildman–Crippen LogP) is 4.12. The first-order valence-corrected chi connectivity index (χ1v) is 8.48. The third kappa shape index (κ3) is 2.33. The van der Waals surface area contributed by atoms with Crippen molar-refractivity contribution in [1.29, 1.82) is 0 Å². The van der Waals surface area contributed by atoms with Crippen LogP contribution >= 0.6 is 27.3 Å². The molecule has 1 atom stereocenters. The van der Waals surface area contributed by atoms with E-state index in [1.165, 1.54) is 11.3 Å². The normalized spacial score (nSPS) is 18.9. The van der Waals surface area contributed by atoms with E-state index in [-0.39, 0.29) is 5.91 Å². The molecule has 0 bridgehead atoms. The first-order valence-electron chi connectivity index (χ1n) is 6.87. The van der Waals surface area contributed by atoms with E-state index in [2.05, 4.69) is 22.9 Å². The number of amides is 1. The fourth-order valence-corrected chi connectivity index (χ4v) is 4.39. The van der Waals surface area contributed by atoms with Crippen molar-refractivity contribution in [2.24, 2.45) is 5.92 Å². The van der Waals surface area contributed by atoms with Gasteiger partial charge < -0.3 is 10.6 Å². The molecule has 0 spiro atoms. The topological polar surface area (TPSA) is 46.3 Å².